The zero-order valence-corrected chi connectivity index (χ0v) is 12.4. The Morgan fingerprint density at radius 2 is 1.50 bits per heavy atom. The van der Waals surface area contributed by atoms with Gasteiger partial charge in [-0.25, -0.2) is 0 Å². The van der Waals surface area contributed by atoms with E-state index in [-0.39, 0.29) is 0 Å². The van der Waals surface area contributed by atoms with Crippen LogP contribution in [0.4, 0.5) is 0 Å². The molecule has 2 heteroatoms. The normalized spacial score (nSPS) is 12.0. The molecule has 0 bridgehead atoms. The first-order valence-corrected chi connectivity index (χ1v) is 7.95. The van der Waals surface area contributed by atoms with Crippen LogP contribution in [0.5, 0.6) is 0 Å². The number of rotatable bonds is 11. The summed E-state index contributed by atoms with van der Waals surface area (Å²) in [6.07, 6.45) is 11.2. The Bertz CT molecular complexity index is 146. The molecule has 0 heterocycles. The predicted octanol–water partition coefficient (Wildman–Crippen LogP) is 4.60. The van der Waals surface area contributed by atoms with Gasteiger partial charge in [-0.2, -0.15) is 11.8 Å². The van der Waals surface area contributed by atoms with Gasteiger partial charge in [0.15, 0.2) is 0 Å². The van der Waals surface area contributed by atoms with Crippen molar-refractivity contribution in [3.63, 3.8) is 0 Å². The molecule has 0 atom stereocenters. The number of unbranched alkanes of at least 4 members (excludes halogenated alkanes) is 6. The molecule has 0 aromatic heterocycles. The second-order valence-electron chi connectivity index (χ2n) is 5.27. The maximum absolute atomic E-state index is 5.54. The van der Waals surface area contributed by atoms with Crippen LogP contribution in [-0.4, -0.2) is 17.0 Å². The summed E-state index contributed by atoms with van der Waals surface area (Å²) in [5.74, 6) is 1.10. The highest BCUT2D eigenvalue weighted by molar-refractivity contribution is 8.00. The lowest BCUT2D eigenvalue weighted by molar-refractivity contribution is 0.536. The summed E-state index contributed by atoms with van der Waals surface area (Å²) in [6, 6.07) is 0. The minimum absolute atomic E-state index is 0.433. The van der Waals surface area contributed by atoms with Crippen molar-refractivity contribution in [3.8, 4) is 0 Å². The molecule has 0 amide bonds. The van der Waals surface area contributed by atoms with Gasteiger partial charge in [0.1, 0.15) is 0 Å². The van der Waals surface area contributed by atoms with E-state index in [1.54, 1.807) is 0 Å². The topological polar surface area (TPSA) is 26.0 Å². The third-order valence-corrected chi connectivity index (χ3v) is 4.42. The summed E-state index contributed by atoms with van der Waals surface area (Å²) in [5.41, 5.74) is 5.54. The molecule has 0 aliphatic rings. The molecule has 0 fully saturated rings. The Kier molecular flexibility index (Phi) is 10.7. The first-order valence-electron chi connectivity index (χ1n) is 6.96. The standard InChI is InChI=1S/C14H31NS/c1-4-5-6-7-8-9-10-11-14(2,3)16-13-12-15/h4-13,15H2,1-3H3. The summed E-state index contributed by atoms with van der Waals surface area (Å²) in [7, 11) is 0. The number of hydrogen-bond donors (Lipinski definition) is 1. The highest BCUT2D eigenvalue weighted by atomic mass is 32.2. The quantitative estimate of drug-likeness (QED) is 0.538. The summed E-state index contributed by atoms with van der Waals surface area (Å²) in [4.78, 5) is 0. The minimum atomic E-state index is 0.433. The van der Waals surface area contributed by atoms with Crippen molar-refractivity contribution in [2.45, 2.75) is 76.9 Å². The molecule has 2 N–H and O–H groups in total. The SMILES string of the molecule is CCCCCCCCCC(C)(C)SCCN. The Morgan fingerprint density at radius 3 is 2.06 bits per heavy atom. The highest BCUT2D eigenvalue weighted by Gasteiger charge is 2.16. The predicted molar refractivity (Wildman–Crippen MR) is 78.2 cm³/mol. The molecule has 0 saturated carbocycles. The van der Waals surface area contributed by atoms with Gasteiger partial charge in [-0.05, 0) is 6.42 Å². The van der Waals surface area contributed by atoms with Crippen LogP contribution in [-0.2, 0) is 0 Å². The van der Waals surface area contributed by atoms with Crippen molar-refractivity contribution in [1.29, 1.82) is 0 Å². The molecule has 0 rings (SSSR count). The fourth-order valence-corrected chi connectivity index (χ4v) is 2.87. The second kappa shape index (κ2) is 10.5. The lowest BCUT2D eigenvalue weighted by Crippen LogP contribution is -2.17. The van der Waals surface area contributed by atoms with Crippen LogP contribution < -0.4 is 5.73 Å². The van der Waals surface area contributed by atoms with Gasteiger partial charge in [-0.15, -0.1) is 0 Å². The summed E-state index contributed by atoms with van der Waals surface area (Å²) in [5, 5.41) is 0. The van der Waals surface area contributed by atoms with Crippen molar-refractivity contribution >= 4 is 11.8 Å². The summed E-state index contributed by atoms with van der Waals surface area (Å²) >= 11 is 2.03. The molecule has 0 aromatic rings. The molecule has 0 saturated heterocycles. The molecule has 0 spiro atoms. The fourth-order valence-electron chi connectivity index (χ4n) is 1.92. The van der Waals surface area contributed by atoms with E-state index in [2.05, 4.69) is 20.8 Å². The van der Waals surface area contributed by atoms with Gasteiger partial charge in [-0.1, -0.05) is 65.7 Å². The lowest BCUT2D eigenvalue weighted by Gasteiger charge is -2.23. The van der Waals surface area contributed by atoms with E-state index in [9.17, 15) is 0 Å². The minimum Gasteiger partial charge on any atom is -0.330 e. The average molecular weight is 245 g/mol. The molecule has 16 heavy (non-hydrogen) atoms. The van der Waals surface area contributed by atoms with Crippen LogP contribution in [0.3, 0.4) is 0 Å². The van der Waals surface area contributed by atoms with E-state index in [4.69, 9.17) is 5.73 Å². The lowest BCUT2D eigenvalue weighted by atomic mass is 10.0. The Balaban J connectivity index is 3.29. The van der Waals surface area contributed by atoms with Crippen molar-refractivity contribution in [2.75, 3.05) is 12.3 Å². The van der Waals surface area contributed by atoms with E-state index in [0.29, 0.717) is 4.75 Å². The number of thioether (sulfide) groups is 1. The van der Waals surface area contributed by atoms with E-state index in [1.165, 1.54) is 51.4 Å². The molecule has 0 aromatic carbocycles. The van der Waals surface area contributed by atoms with E-state index >= 15 is 0 Å². The van der Waals surface area contributed by atoms with E-state index < -0.39 is 0 Å². The van der Waals surface area contributed by atoms with Gasteiger partial charge in [0.2, 0.25) is 0 Å². The first kappa shape index (κ1) is 16.3. The molecule has 0 aliphatic carbocycles. The van der Waals surface area contributed by atoms with E-state index in [1.807, 2.05) is 11.8 Å². The maximum Gasteiger partial charge on any atom is 0.0104 e. The van der Waals surface area contributed by atoms with Crippen LogP contribution in [0.1, 0.15) is 72.1 Å². The molecule has 1 nitrogen and oxygen atoms in total. The fraction of sp³-hybridized carbons (Fsp3) is 1.00. The van der Waals surface area contributed by atoms with Crippen LogP contribution in [0.15, 0.2) is 0 Å². The zero-order chi connectivity index (χ0) is 12.3. The Morgan fingerprint density at radius 1 is 0.938 bits per heavy atom. The summed E-state index contributed by atoms with van der Waals surface area (Å²) < 4.78 is 0.433. The van der Waals surface area contributed by atoms with Crippen LogP contribution >= 0.6 is 11.8 Å². The molecular formula is C14H31NS. The van der Waals surface area contributed by atoms with Crippen LogP contribution in [0, 0.1) is 0 Å². The van der Waals surface area contributed by atoms with Gasteiger partial charge < -0.3 is 5.73 Å². The Labute approximate surface area is 107 Å². The van der Waals surface area contributed by atoms with Gasteiger partial charge in [0, 0.05) is 17.0 Å². The zero-order valence-electron chi connectivity index (χ0n) is 11.6. The van der Waals surface area contributed by atoms with Gasteiger partial charge in [-0.3, -0.25) is 0 Å². The Hall–Kier alpha value is 0.310. The number of hydrogen-bond acceptors (Lipinski definition) is 2. The molecule has 0 radical (unpaired) electrons. The highest BCUT2D eigenvalue weighted by Crippen LogP contribution is 2.29. The van der Waals surface area contributed by atoms with E-state index in [0.717, 1.165) is 12.3 Å². The smallest absolute Gasteiger partial charge is 0.0104 e. The maximum atomic E-state index is 5.54. The monoisotopic (exact) mass is 245 g/mol. The van der Waals surface area contributed by atoms with Crippen LogP contribution in [0.2, 0.25) is 0 Å². The van der Waals surface area contributed by atoms with Gasteiger partial charge in [0.05, 0.1) is 0 Å². The average Bonchev–Trinajstić information content (AvgIpc) is 2.25. The molecule has 98 valence electrons. The third-order valence-electron chi connectivity index (χ3n) is 2.99. The van der Waals surface area contributed by atoms with Crippen LogP contribution in [0.25, 0.3) is 0 Å². The molecular weight excluding hydrogens is 214 g/mol. The van der Waals surface area contributed by atoms with Crippen molar-refractivity contribution in [2.24, 2.45) is 5.73 Å². The van der Waals surface area contributed by atoms with Gasteiger partial charge in [0.25, 0.3) is 0 Å². The van der Waals surface area contributed by atoms with Crippen molar-refractivity contribution in [3.05, 3.63) is 0 Å². The number of nitrogens with two attached hydrogens (primary N) is 1. The van der Waals surface area contributed by atoms with Gasteiger partial charge >= 0.3 is 0 Å². The van der Waals surface area contributed by atoms with Crippen molar-refractivity contribution in [1.82, 2.24) is 0 Å². The molecule has 0 aliphatic heterocycles. The molecule has 0 unspecified atom stereocenters. The van der Waals surface area contributed by atoms with Crippen molar-refractivity contribution < 1.29 is 0 Å². The second-order valence-corrected chi connectivity index (χ2v) is 7.07. The first-order chi connectivity index (χ1) is 7.62. The summed E-state index contributed by atoms with van der Waals surface area (Å²) in [6.45, 7) is 7.79. The largest absolute Gasteiger partial charge is 0.330 e. The third kappa shape index (κ3) is 10.8.